The Hall–Kier alpha value is -8.61. The first-order valence-corrected chi connectivity index (χ1v) is 22.6. The monoisotopic (exact) mass is 842 g/mol. The Balaban J connectivity index is 0.959. The highest BCUT2D eigenvalue weighted by Gasteiger charge is 2.45. The Kier molecular flexibility index (Phi) is 7.30. The van der Waals surface area contributed by atoms with Crippen LogP contribution in [0, 0.1) is 0 Å². The molecule has 0 saturated carbocycles. The van der Waals surface area contributed by atoms with Crippen molar-refractivity contribution < 1.29 is 9.47 Å². The summed E-state index contributed by atoms with van der Waals surface area (Å²) < 4.78 is 19.5. The maximum Gasteiger partial charge on any atom is 0.335 e. The van der Waals surface area contributed by atoms with E-state index in [1.54, 1.807) is 0 Å². The lowest BCUT2D eigenvalue weighted by atomic mass is 9.42. The maximum atomic E-state index is 7.28. The summed E-state index contributed by atoms with van der Waals surface area (Å²) in [5.74, 6) is 3.28. The Morgan fingerprint density at radius 3 is 1.11 bits per heavy atom. The van der Waals surface area contributed by atoms with Gasteiger partial charge >= 0.3 is 13.7 Å². The molecule has 66 heavy (non-hydrogen) atoms. The number of aromatic nitrogens is 2. The van der Waals surface area contributed by atoms with Crippen molar-refractivity contribution in [1.82, 2.24) is 8.96 Å². The van der Waals surface area contributed by atoms with E-state index in [4.69, 9.17) is 9.47 Å². The zero-order valence-electron chi connectivity index (χ0n) is 35.5. The van der Waals surface area contributed by atoms with Crippen LogP contribution in [0.15, 0.2) is 219 Å². The summed E-state index contributed by atoms with van der Waals surface area (Å²) >= 11 is 0. The molecule has 8 heteroatoms. The van der Waals surface area contributed by atoms with Gasteiger partial charge in [0.15, 0.2) is 0 Å². The van der Waals surface area contributed by atoms with Crippen molar-refractivity contribution in [3.05, 3.63) is 219 Å². The van der Waals surface area contributed by atoms with Crippen LogP contribution in [-0.2, 0) is 0 Å². The van der Waals surface area contributed by atoms with Crippen molar-refractivity contribution in [3.63, 3.8) is 0 Å². The average Bonchev–Trinajstić information content (AvgIpc) is 4.01. The SMILES string of the molecule is c1ccc(N(c2ccccc2)c2cc3c4c(c2)-c2cccc5ccn(c25)B4c2cc4c(cc2O3)Oc2cc(N(c3ccccc3)c3ccccc3)cc3c2B4n2ccc4cccc-3c42)cc1. The van der Waals surface area contributed by atoms with E-state index in [2.05, 4.69) is 237 Å². The topological polar surface area (TPSA) is 34.8 Å². The van der Waals surface area contributed by atoms with E-state index in [1.807, 2.05) is 0 Å². The predicted molar refractivity (Wildman–Crippen MR) is 272 cm³/mol. The molecule has 15 rings (SSSR count). The van der Waals surface area contributed by atoms with Gasteiger partial charge in [0.05, 0.1) is 11.4 Å². The fourth-order valence-corrected chi connectivity index (χ4v) is 11.5. The molecule has 0 saturated heterocycles. The van der Waals surface area contributed by atoms with Gasteiger partial charge in [0.1, 0.15) is 23.0 Å². The van der Waals surface area contributed by atoms with Crippen molar-refractivity contribution >= 4 is 91.5 Å². The van der Waals surface area contributed by atoms with Gasteiger partial charge in [0.25, 0.3) is 0 Å². The lowest BCUT2D eigenvalue weighted by molar-refractivity contribution is 0.465. The lowest BCUT2D eigenvalue weighted by Gasteiger charge is -2.38. The van der Waals surface area contributed by atoms with Crippen molar-refractivity contribution in [3.8, 4) is 45.3 Å². The van der Waals surface area contributed by atoms with Crippen LogP contribution in [0.5, 0.6) is 23.0 Å². The number of fused-ring (bicyclic) bond motifs is 8. The van der Waals surface area contributed by atoms with Gasteiger partial charge in [-0.05, 0) is 118 Å². The molecular weight excluding hydrogens is 806 g/mol. The minimum Gasteiger partial charge on any atom is -0.458 e. The minimum absolute atomic E-state index is 0.124. The molecule has 0 unspecified atom stereocenters. The number of benzene rings is 9. The average molecular weight is 843 g/mol. The van der Waals surface area contributed by atoms with Gasteiger partial charge in [-0.2, -0.15) is 0 Å². The molecule has 6 nitrogen and oxygen atoms in total. The van der Waals surface area contributed by atoms with Gasteiger partial charge in [-0.15, -0.1) is 0 Å². The third-order valence-corrected chi connectivity index (χ3v) is 14.2. The van der Waals surface area contributed by atoms with Crippen LogP contribution in [0.25, 0.3) is 44.1 Å². The minimum atomic E-state index is -0.124. The molecule has 6 heterocycles. The molecular formula is C58H36B2N4O2. The Morgan fingerprint density at radius 2 is 0.712 bits per heavy atom. The number of para-hydroxylation sites is 6. The lowest BCUT2D eigenvalue weighted by Crippen LogP contribution is -2.58. The summed E-state index contributed by atoms with van der Waals surface area (Å²) in [6.07, 6.45) is 4.52. The molecule has 0 atom stereocenters. The van der Waals surface area contributed by atoms with Crippen LogP contribution in [0.1, 0.15) is 0 Å². The third kappa shape index (κ3) is 4.98. The summed E-state index contributed by atoms with van der Waals surface area (Å²) in [5.41, 5.74) is 18.2. The Morgan fingerprint density at radius 1 is 0.318 bits per heavy atom. The summed E-state index contributed by atoms with van der Waals surface area (Å²) in [7, 11) is 0. The van der Waals surface area contributed by atoms with Crippen molar-refractivity contribution in [2.45, 2.75) is 0 Å². The Labute approximate surface area is 382 Å². The quantitative estimate of drug-likeness (QED) is 0.156. The highest BCUT2D eigenvalue weighted by Crippen LogP contribution is 2.47. The van der Waals surface area contributed by atoms with Crippen LogP contribution in [0.4, 0.5) is 34.1 Å². The summed E-state index contributed by atoms with van der Waals surface area (Å²) in [5, 5.41) is 2.44. The molecule has 0 amide bonds. The Bertz CT molecular complexity index is 3470. The maximum absolute atomic E-state index is 7.28. The van der Waals surface area contributed by atoms with E-state index < -0.39 is 0 Å². The van der Waals surface area contributed by atoms with Gasteiger partial charge in [-0.1, -0.05) is 115 Å². The summed E-state index contributed by atoms with van der Waals surface area (Å²) in [4.78, 5) is 4.65. The van der Waals surface area contributed by atoms with E-state index >= 15 is 0 Å². The normalized spacial score (nSPS) is 13.0. The number of rotatable bonds is 6. The van der Waals surface area contributed by atoms with E-state index in [-0.39, 0.29) is 13.7 Å². The van der Waals surface area contributed by atoms with Crippen LogP contribution < -0.4 is 41.1 Å². The molecule has 0 aliphatic carbocycles. The number of anilines is 6. The van der Waals surface area contributed by atoms with Crippen LogP contribution >= 0.6 is 0 Å². The molecule has 4 aliphatic rings. The van der Waals surface area contributed by atoms with Crippen LogP contribution in [0.2, 0.25) is 0 Å². The molecule has 0 bridgehead atoms. The van der Waals surface area contributed by atoms with Gasteiger partial charge in [0.2, 0.25) is 0 Å². The predicted octanol–water partition coefficient (Wildman–Crippen LogP) is 12.0. The van der Waals surface area contributed by atoms with E-state index in [0.717, 1.165) is 68.0 Å². The molecule has 11 aromatic rings. The molecule has 4 aliphatic heterocycles. The zero-order valence-corrected chi connectivity index (χ0v) is 35.5. The van der Waals surface area contributed by atoms with Crippen molar-refractivity contribution in [2.24, 2.45) is 0 Å². The molecule has 9 aromatic carbocycles. The number of hydrogen-bond donors (Lipinski definition) is 0. The van der Waals surface area contributed by atoms with Gasteiger partial charge in [-0.3, -0.25) is 0 Å². The van der Waals surface area contributed by atoms with E-state index in [1.165, 1.54) is 55.0 Å². The molecule has 306 valence electrons. The van der Waals surface area contributed by atoms with Gasteiger partial charge < -0.3 is 28.2 Å². The largest absolute Gasteiger partial charge is 0.458 e. The first-order chi connectivity index (χ1) is 32.7. The number of hydrogen-bond acceptors (Lipinski definition) is 4. The second kappa shape index (κ2) is 13.5. The number of ether oxygens (including phenoxy) is 2. The second-order valence-electron chi connectivity index (χ2n) is 17.7. The van der Waals surface area contributed by atoms with E-state index in [0.29, 0.717) is 0 Å². The van der Waals surface area contributed by atoms with Crippen LogP contribution in [0.3, 0.4) is 0 Å². The van der Waals surface area contributed by atoms with Crippen molar-refractivity contribution in [2.75, 3.05) is 9.80 Å². The highest BCUT2D eigenvalue weighted by atomic mass is 16.5. The smallest absolute Gasteiger partial charge is 0.335 e. The first-order valence-electron chi connectivity index (χ1n) is 22.6. The molecule has 0 spiro atoms. The molecule has 0 fully saturated rings. The van der Waals surface area contributed by atoms with Gasteiger partial charge in [0, 0.05) is 74.0 Å². The first kappa shape index (κ1) is 35.8. The fourth-order valence-electron chi connectivity index (χ4n) is 11.5. The molecule has 2 aromatic heterocycles. The zero-order chi connectivity index (χ0) is 43.0. The second-order valence-corrected chi connectivity index (χ2v) is 17.7. The summed E-state index contributed by atoms with van der Waals surface area (Å²) in [6, 6.07) is 74.0. The van der Waals surface area contributed by atoms with Crippen molar-refractivity contribution in [1.29, 1.82) is 0 Å². The molecule has 0 N–H and O–H groups in total. The van der Waals surface area contributed by atoms with E-state index in [9.17, 15) is 0 Å². The highest BCUT2D eigenvalue weighted by molar-refractivity contribution is 6.91. The number of nitrogens with zero attached hydrogens (tertiary/aromatic N) is 4. The summed E-state index contributed by atoms with van der Waals surface area (Å²) in [6.45, 7) is -0.247. The fraction of sp³-hybridized carbons (Fsp3) is 0. The van der Waals surface area contributed by atoms with Gasteiger partial charge in [-0.25, -0.2) is 0 Å². The standard InChI is InChI=1S/C58H36B2N4O2/c1-5-17-39(18-6-1)63(40-19-7-2-8-20-40)43-31-47-45-25-13-15-37-27-29-61(57(37)45)59-49-35-50-52(36-51(49)65-53(33-43)55(47)59)66-54-34-44(64(41-21-9-3-10-22-41)42-23-11-4-12-24-42)32-48-46-26-14-16-38-28-30-62(58(38)46)60(50)56(48)54/h1-36H. The van der Waals surface area contributed by atoms with Crippen LogP contribution in [-0.4, -0.2) is 22.7 Å². The molecule has 0 radical (unpaired) electrons. The third-order valence-electron chi connectivity index (χ3n) is 14.2.